The van der Waals surface area contributed by atoms with Crippen LogP contribution in [-0.2, 0) is 25.7 Å². The van der Waals surface area contributed by atoms with Gasteiger partial charge in [-0.2, -0.15) is 5.10 Å². The van der Waals surface area contributed by atoms with E-state index in [9.17, 15) is 19.5 Å². The lowest BCUT2D eigenvalue weighted by molar-refractivity contribution is -0.139. The molecule has 1 aliphatic heterocycles. The highest BCUT2D eigenvalue weighted by Crippen LogP contribution is 2.23. The smallest absolute Gasteiger partial charge is 0.293 e. The maximum absolute atomic E-state index is 11.7. The second-order valence-electron chi connectivity index (χ2n) is 6.55. The van der Waals surface area contributed by atoms with Crippen LogP contribution in [0.3, 0.4) is 0 Å². The fourth-order valence-electron chi connectivity index (χ4n) is 2.29. The summed E-state index contributed by atoms with van der Waals surface area (Å²) in [5.74, 6) is -0.563. The lowest BCUT2D eigenvalue weighted by Gasteiger charge is -2.22. The Labute approximate surface area is 141 Å². The number of hydrogen-bond donors (Lipinski definition) is 2. The van der Waals surface area contributed by atoms with Crippen LogP contribution < -0.4 is 5.32 Å². The van der Waals surface area contributed by atoms with Crippen LogP contribution >= 0.6 is 0 Å². The quantitative estimate of drug-likeness (QED) is 0.626. The van der Waals surface area contributed by atoms with Crippen LogP contribution in [0.1, 0.15) is 56.6 Å². The van der Waals surface area contributed by atoms with E-state index in [1.807, 2.05) is 27.7 Å². The Morgan fingerprint density at radius 3 is 2.38 bits per heavy atom. The average Bonchev–Trinajstić information content (AvgIpc) is 2.73. The Kier molecular flexibility index (Phi) is 6.65. The molecule has 8 nitrogen and oxygen atoms in total. The number of piperidine rings is 1. The molecule has 1 saturated heterocycles. The first-order valence-electron chi connectivity index (χ1n) is 7.71. The van der Waals surface area contributed by atoms with Crippen molar-refractivity contribution in [3.63, 3.8) is 0 Å². The van der Waals surface area contributed by atoms with Crippen LogP contribution in [-0.4, -0.2) is 38.8 Å². The predicted molar refractivity (Wildman–Crippen MR) is 85.9 cm³/mol. The van der Waals surface area contributed by atoms with Crippen molar-refractivity contribution in [2.45, 2.75) is 65.7 Å². The lowest BCUT2D eigenvalue weighted by atomic mass is 10.1. The number of imide groups is 1. The highest BCUT2D eigenvalue weighted by Gasteiger charge is 2.30. The molecule has 1 atom stereocenters. The van der Waals surface area contributed by atoms with Gasteiger partial charge in [0.15, 0.2) is 0 Å². The van der Waals surface area contributed by atoms with Gasteiger partial charge in [0.2, 0.25) is 5.91 Å². The van der Waals surface area contributed by atoms with Gasteiger partial charge in [0.25, 0.3) is 12.4 Å². The summed E-state index contributed by atoms with van der Waals surface area (Å²) in [6, 6.07) is -0.452. The number of carbonyl (C=O) groups is 3. The molecule has 1 aromatic rings. The van der Waals surface area contributed by atoms with Crippen molar-refractivity contribution < 1.29 is 24.2 Å². The van der Waals surface area contributed by atoms with Crippen LogP contribution in [0.4, 0.5) is 0 Å². The number of ether oxygens (including phenoxy) is 1. The lowest BCUT2D eigenvalue weighted by Crippen LogP contribution is -2.42. The molecule has 0 bridgehead atoms. The number of aliphatic hydroxyl groups excluding tert-OH is 1. The molecule has 1 unspecified atom stereocenters. The molecular weight excluding hydrogens is 314 g/mol. The van der Waals surface area contributed by atoms with Gasteiger partial charge in [0, 0.05) is 17.7 Å². The summed E-state index contributed by atoms with van der Waals surface area (Å²) >= 11 is 0. The maximum atomic E-state index is 11.7. The topological polar surface area (TPSA) is 111 Å². The van der Waals surface area contributed by atoms with E-state index in [2.05, 4.69) is 15.2 Å². The van der Waals surface area contributed by atoms with Crippen LogP contribution in [0, 0.1) is 13.8 Å². The largest absolute Gasteiger partial charge is 0.462 e. The summed E-state index contributed by atoms with van der Waals surface area (Å²) in [4.78, 5) is 32.4. The van der Waals surface area contributed by atoms with Gasteiger partial charge < -0.3 is 9.84 Å². The van der Waals surface area contributed by atoms with Crippen LogP contribution in [0.5, 0.6) is 0 Å². The zero-order chi connectivity index (χ0) is 18.5. The third-order valence-electron chi connectivity index (χ3n) is 3.54. The zero-order valence-corrected chi connectivity index (χ0v) is 14.8. The Balaban J connectivity index is 0.000000351. The number of aryl methyl sites for hydroxylation is 1. The van der Waals surface area contributed by atoms with Crippen molar-refractivity contribution in [1.82, 2.24) is 15.1 Å². The average molecular weight is 339 g/mol. The molecule has 1 fully saturated rings. The molecule has 134 valence electrons. The second kappa shape index (κ2) is 8.05. The van der Waals surface area contributed by atoms with Crippen LogP contribution in [0.15, 0.2) is 0 Å². The van der Waals surface area contributed by atoms with Gasteiger partial charge in [-0.3, -0.25) is 24.4 Å². The van der Waals surface area contributed by atoms with Gasteiger partial charge in [-0.05, 0) is 41.0 Å². The fourth-order valence-corrected chi connectivity index (χ4v) is 2.29. The van der Waals surface area contributed by atoms with Crippen molar-refractivity contribution in [2.24, 2.45) is 0 Å². The molecule has 0 saturated carbocycles. The Morgan fingerprint density at radius 1 is 1.38 bits per heavy atom. The highest BCUT2D eigenvalue weighted by atomic mass is 16.5. The SMILES string of the molecule is CC(C)(C)OC=O.Cc1nn(C2CCC(=O)NC2=O)c(C)c1CO. The number of amides is 2. The minimum atomic E-state index is -0.452. The van der Waals surface area contributed by atoms with E-state index >= 15 is 0 Å². The third kappa shape index (κ3) is 5.16. The molecule has 2 amide bonds. The van der Waals surface area contributed by atoms with E-state index in [1.165, 1.54) is 0 Å². The molecule has 1 aromatic heterocycles. The summed E-state index contributed by atoms with van der Waals surface area (Å²) < 4.78 is 6.15. The molecule has 2 heterocycles. The maximum Gasteiger partial charge on any atom is 0.293 e. The molecule has 2 N–H and O–H groups in total. The van der Waals surface area contributed by atoms with Crippen molar-refractivity contribution in [3.8, 4) is 0 Å². The van der Waals surface area contributed by atoms with E-state index in [1.54, 1.807) is 11.6 Å². The monoisotopic (exact) mass is 339 g/mol. The second-order valence-corrected chi connectivity index (χ2v) is 6.55. The van der Waals surface area contributed by atoms with Gasteiger partial charge >= 0.3 is 0 Å². The zero-order valence-electron chi connectivity index (χ0n) is 14.8. The summed E-state index contributed by atoms with van der Waals surface area (Å²) in [5.41, 5.74) is 1.92. The number of aliphatic hydroxyl groups is 1. The van der Waals surface area contributed by atoms with Crippen LogP contribution in [0.25, 0.3) is 0 Å². The predicted octanol–water partition coefficient (Wildman–Crippen LogP) is 0.928. The first-order valence-corrected chi connectivity index (χ1v) is 7.71. The van der Waals surface area contributed by atoms with E-state index in [0.717, 1.165) is 17.0 Å². The van der Waals surface area contributed by atoms with Gasteiger partial charge in [0.1, 0.15) is 11.6 Å². The minimum Gasteiger partial charge on any atom is -0.462 e. The standard InChI is InChI=1S/C11H15N3O3.C5H10O2/c1-6-8(5-15)7(2)14(13-6)9-3-4-10(16)12-11(9)17;1-5(2,3)7-4-6/h9,15H,3-5H2,1-2H3,(H,12,16,17);4H,1-3H3. The Hall–Kier alpha value is -2.22. The molecule has 2 rings (SSSR count). The van der Waals surface area contributed by atoms with Crippen molar-refractivity contribution in [2.75, 3.05) is 0 Å². The number of nitrogens with one attached hydrogen (secondary N) is 1. The van der Waals surface area contributed by atoms with E-state index in [4.69, 9.17) is 0 Å². The Bertz CT molecular complexity index is 616. The molecule has 0 spiro atoms. The van der Waals surface area contributed by atoms with Gasteiger partial charge in [0.05, 0.1) is 12.3 Å². The number of rotatable bonds is 3. The molecule has 8 heteroatoms. The van der Waals surface area contributed by atoms with Crippen molar-refractivity contribution in [1.29, 1.82) is 0 Å². The van der Waals surface area contributed by atoms with Crippen molar-refractivity contribution >= 4 is 18.3 Å². The number of carbonyl (C=O) groups excluding carboxylic acids is 3. The molecule has 0 aromatic carbocycles. The van der Waals surface area contributed by atoms with Crippen LogP contribution in [0.2, 0.25) is 0 Å². The third-order valence-corrected chi connectivity index (χ3v) is 3.54. The van der Waals surface area contributed by atoms with Gasteiger partial charge in [-0.25, -0.2) is 0 Å². The number of nitrogens with zero attached hydrogens (tertiary/aromatic N) is 2. The number of hydrogen-bond acceptors (Lipinski definition) is 6. The molecule has 24 heavy (non-hydrogen) atoms. The molecule has 1 aliphatic rings. The first kappa shape index (κ1) is 19.8. The molecular formula is C16H25N3O5. The minimum absolute atomic E-state index is 0.0923. The van der Waals surface area contributed by atoms with Gasteiger partial charge in [-0.1, -0.05) is 0 Å². The number of aromatic nitrogens is 2. The highest BCUT2D eigenvalue weighted by molar-refractivity contribution is 5.99. The summed E-state index contributed by atoms with van der Waals surface area (Å²) in [5, 5.41) is 15.8. The summed E-state index contributed by atoms with van der Waals surface area (Å²) in [6.07, 6.45) is 0.778. The Morgan fingerprint density at radius 2 is 2.00 bits per heavy atom. The summed E-state index contributed by atoms with van der Waals surface area (Å²) in [7, 11) is 0. The molecule has 0 radical (unpaired) electrons. The first-order chi connectivity index (χ1) is 11.1. The fraction of sp³-hybridized carbons (Fsp3) is 0.625. The summed E-state index contributed by atoms with van der Waals surface area (Å²) in [6.45, 7) is 9.44. The van der Waals surface area contributed by atoms with E-state index < -0.39 is 6.04 Å². The normalized spacial score (nSPS) is 17.7. The van der Waals surface area contributed by atoms with E-state index in [-0.39, 0.29) is 24.0 Å². The van der Waals surface area contributed by atoms with E-state index in [0.29, 0.717) is 19.3 Å². The van der Waals surface area contributed by atoms with Gasteiger partial charge in [-0.15, -0.1) is 0 Å². The molecule has 0 aliphatic carbocycles. The van der Waals surface area contributed by atoms with Crippen molar-refractivity contribution in [3.05, 3.63) is 17.0 Å².